The van der Waals surface area contributed by atoms with Gasteiger partial charge in [-0.1, -0.05) is 0 Å². The Hall–Kier alpha value is -2.45. The van der Waals surface area contributed by atoms with Gasteiger partial charge < -0.3 is 19.9 Å². The van der Waals surface area contributed by atoms with Crippen LogP contribution in [0.1, 0.15) is 33.6 Å². The summed E-state index contributed by atoms with van der Waals surface area (Å²) in [6.07, 6.45) is 3.22. The summed E-state index contributed by atoms with van der Waals surface area (Å²) in [5.41, 5.74) is 6.41. The lowest BCUT2D eigenvalue weighted by Gasteiger charge is -2.38. The molecule has 0 radical (unpaired) electrons. The molecule has 2 N–H and O–H groups in total. The maximum absolute atomic E-state index is 12.3. The smallest absolute Gasteiger partial charge is 0.320 e. The predicted molar refractivity (Wildman–Crippen MR) is 110 cm³/mol. The van der Waals surface area contributed by atoms with E-state index in [1.807, 2.05) is 43.9 Å². The molecule has 0 spiro atoms. The van der Waals surface area contributed by atoms with Gasteiger partial charge in [-0.25, -0.2) is 9.97 Å². The van der Waals surface area contributed by atoms with Crippen molar-refractivity contribution in [3.8, 4) is 11.6 Å². The first kappa shape index (κ1) is 21.3. The van der Waals surface area contributed by atoms with Gasteiger partial charge in [-0.2, -0.15) is 0 Å². The van der Waals surface area contributed by atoms with E-state index < -0.39 is 5.60 Å². The highest BCUT2D eigenvalue weighted by Gasteiger charge is 2.30. The molecule has 29 heavy (non-hydrogen) atoms. The summed E-state index contributed by atoms with van der Waals surface area (Å²) in [5, 5.41) is 0.790. The molecule has 2 atom stereocenters. The van der Waals surface area contributed by atoms with Gasteiger partial charge in [0.05, 0.1) is 24.6 Å². The number of nitrogens with zero attached hydrogens (tertiary/aromatic N) is 3. The maximum Gasteiger partial charge on any atom is 0.320 e. The summed E-state index contributed by atoms with van der Waals surface area (Å²) in [6, 6.07) is 5.68. The molecule has 1 aliphatic rings. The van der Waals surface area contributed by atoms with Crippen molar-refractivity contribution >= 4 is 16.9 Å². The summed E-state index contributed by atoms with van der Waals surface area (Å²) >= 11 is 0. The van der Waals surface area contributed by atoms with Gasteiger partial charge in [0.1, 0.15) is 24.3 Å². The fourth-order valence-corrected chi connectivity index (χ4v) is 3.48. The van der Waals surface area contributed by atoms with Crippen molar-refractivity contribution in [2.24, 2.45) is 5.73 Å². The monoisotopic (exact) mass is 402 g/mol. The van der Waals surface area contributed by atoms with Crippen molar-refractivity contribution in [3.63, 3.8) is 0 Å². The first-order chi connectivity index (χ1) is 13.7. The molecule has 8 nitrogen and oxygen atoms in total. The van der Waals surface area contributed by atoms with E-state index >= 15 is 0 Å². The minimum absolute atomic E-state index is 0.0397. The highest BCUT2D eigenvalue weighted by atomic mass is 16.6. The Morgan fingerprint density at radius 2 is 2.07 bits per heavy atom. The van der Waals surface area contributed by atoms with Crippen LogP contribution in [0.25, 0.3) is 10.9 Å². The number of methoxy groups -OCH3 is 1. The number of benzene rings is 1. The Labute approximate surface area is 171 Å². The highest BCUT2D eigenvalue weighted by Crippen LogP contribution is 2.27. The maximum atomic E-state index is 12.3. The van der Waals surface area contributed by atoms with Crippen LogP contribution in [-0.4, -0.2) is 65.3 Å². The molecule has 2 aromatic rings. The van der Waals surface area contributed by atoms with Gasteiger partial charge in [-0.05, 0) is 51.8 Å². The third kappa shape index (κ3) is 5.77. The molecular formula is C21H30N4O4. The number of nitrogens with two attached hydrogens (primary N) is 1. The number of esters is 1. The number of aromatic nitrogens is 2. The van der Waals surface area contributed by atoms with Crippen molar-refractivity contribution in [1.82, 2.24) is 14.9 Å². The predicted octanol–water partition coefficient (Wildman–Crippen LogP) is 2.15. The molecule has 1 fully saturated rings. The Bertz CT molecular complexity index is 852. The largest absolute Gasteiger partial charge is 0.497 e. The summed E-state index contributed by atoms with van der Waals surface area (Å²) < 4.78 is 16.8. The van der Waals surface area contributed by atoms with Crippen molar-refractivity contribution in [2.45, 2.75) is 51.3 Å². The van der Waals surface area contributed by atoms with Crippen LogP contribution in [0.4, 0.5) is 0 Å². The fourth-order valence-electron chi connectivity index (χ4n) is 3.48. The number of carbonyl (C=O) groups excluding carboxylic acids is 1. The van der Waals surface area contributed by atoms with E-state index in [9.17, 15) is 4.79 Å². The number of hydrogen-bond donors (Lipinski definition) is 1. The lowest BCUT2D eigenvalue weighted by Crippen LogP contribution is -2.53. The zero-order valence-corrected chi connectivity index (χ0v) is 17.6. The molecule has 0 aliphatic carbocycles. The Morgan fingerprint density at radius 1 is 1.28 bits per heavy atom. The fraction of sp³-hybridized carbons (Fsp3) is 0.571. The third-order valence-corrected chi connectivity index (χ3v) is 4.83. The minimum Gasteiger partial charge on any atom is -0.497 e. The average molecular weight is 402 g/mol. The second-order valence-electron chi connectivity index (χ2n) is 8.38. The SMILES string of the molecule is COc1ccc2ncnc(OC[C@@H]3CC[C@@H](N)CN3CC(=O)OC(C)(C)C)c2c1. The van der Waals surface area contributed by atoms with E-state index in [-0.39, 0.29) is 24.6 Å². The minimum atomic E-state index is -0.514. The topological polar surface area (TPSA) is 99.8 Å². The molecule has 0 bridgehead atoms. The molecule has 158 valence electrons. The van der Waals surface area contributed by atoms with E-state index in [0.29, 0.717) is 24.8 Å². The lowest BCUT2D eigenvalue weighted by molar-refractivity contribution is -0.157. The number of fused-ring (bicyclic) bond motifs is 1. The molecule has 1 saturated heterocycles. The van der Waals surface area contributed by atoms with Gasteiger partial charge in [0, 0.05) is 18.6 Å². The second-order valence-corrected chi connectivity index (χ2v) is 8.38. The second kappa shape index (κ2) is 8.92. The van der Waals surface area contributed by atoms with Crippen molar-refractivity contribution in [2.75, 3.05) is 26.8 Å². The van der Waals surface area contributed by atoms with Crippen LogP contribution in [0.2, 0.25) is 0 Å². The third-order valence-electron chi connectivity index (χ3n) is 4.83. The lowest BCUT2D eigenvalue weighted by atomic mass is 9.99. The molecule has 0 unspecified atom stereocenters. The van der Waals surface area contributed by atoms with E-state index in [1.165, 1.54) is 6.33 Å². The molecular weight excluding hydrogens is 372 g/mol. The molecule has 1 aromatic heterocycles. The molecule has 1 aliphatic heterocycles. The summed E-state index contributed by atoms with van der Waals surface area (Å²) in [7, 11) is 1.62. The van der Waals surface area contributed by atoms with Gasteiger partial charge in [-0.3, -0.25) is 9.69 Å². The summed E-state index contributed by atoms with van der Waals surface area (Å²) in [6.45, 7) is 6.81. The van der Waals surface area contributed by atoms with Gasteiger partial charge in [0.2, 0.25) is 5.88 Å². The highest BCUT2D eigenvalue weighted by molar-refractivity contribution is 5.84. The zero-order valence-electron chi connectivity index (χ0n) is 17.6. The number of ether oxygens (including phenoxy) is 3. The van der Waals surface area contributed by atoms with Crippen molar-refractivity contribution < 1.29 is 19.0 Å². The molecule has 3 rings (SSSR count). The van der Waals surface area contributed by atoms with Crippen LogP contribution in [0.3, 0.4) is 0 Å². The molecule has 8 heteroatoms. The van der Waals surface area contributed by atoms with Crippen LogP contribution in [-0.2, 0) is 9.53 Å². The van der Waals surface area contributed by atoms with E-state index in [0.717, 1.165) is 23.7 Å². The van der Waals surface area contributed by atoms with E-state index in [2.05, 4.69) is 9.97 Å². The Morgan fingerprint density at radius 3 is 2.79 bits per heavy atom. The van der Waals surface area contributed by atoms with Crippen LogP contribution < -0.4 is 15.2 Å². The van der Waals surface area contributed by atoms with Crippen molar-refractivity contribution in [3.05, 3.63) is 24.5 Å². The normalized spacial score (nSPS) is 20.4. The first-order valence-electron chi connectivity index (χ1n) is 9.88. The number of hydrogen-bond acceptors (Lipinski definition) is 8. The van der Waals surface area contributed by atoms with Crippen molar-refractivity contribution in [1.29, 1.82) is 0 Å². The van der Waals surface area contributed by atoms with E-state index in [4.69, 9.17) is 19.9 Å². The molecule has 0 saturated carbocycles. The van der Waals surface area contributed by atoms with Gasteiger partial charge in [0.25, 0.3) is 0 Å². The first-order valence-corrected chi connectivity index (χ1v) is 9.88. The van der Waals surface area contributed by atoms with Gasteiger partial charge in [-0.15, -0.1) is 0 Å². The number of likely N-dealkylation sites (tertiary alicyclic amines) is 1. The van der Waals surface area contributed by atoms with Crippen LogP contribution >= 0.6 is 0 Å². The van der Waals surface area contributed by atoms with Crippen LogP contribution in [0.15, 0.2) is 24.5 Å². The quantitative estimate of drug-likeness (QED) is 0.734. The molecule has 0 amide bonds. The van der Waals surface area contributed by atoms with Crippen LogP contribution in [0.5, 0.6) is 11.6 Å². The van der Waals surface area contributed by atoms with Crippen LogP contribution in [0, 0.1) is 0 Å². The number of carbonyl (C=O) groups is 1. The summed E-state index contributed by atoms with van der Waals surface area (Å²) in [4.78, 5) is 22.9. The van der Waals surface area contributed by atoms with Gasteiger partial charge >= 0.3 is 5.97 Å². The standard InChI is InChI=1S/C21H30N4O4/c1-21(2,3)29-19(26)11-25-10-14(22)5-6-15(25)12-28-20-17-9-16(27-4)7-8-18(17)23-13-24-20/h7-9,13-15H,5-6,10-12,22H2,1-4H3/t14-,15+/m1/s1. The number of piperidine rings is 1. The average Bonchev–Trinajstić information content (AvgIpc) is 2.65. The Kier molecular flexibility index (Phi) is 6.54. The zero-order chi connectivity index (χ0) is 21.0. The number of rotatable bonds is 6. The molecule has 1 aromatic carbocycles. The summed E-state index contributed by atoms with van der Waals surface area (Å²) in [5.74, 6) is 0.960. The Balaban J connectivity index is 1.70. The van der Waals surface area contributed by atoms with E-state index in [1.54, 1.807) is 7.11 Å². The molecule has 2 heterocycles. The van der Waals surface area contributed by atoms with Gasteiger partial charge in [0.15, 0.2) is 0 Å².